The van der Waals surface area contributed by atoms with Gasteiger partial charge in [0.1, 0.15) is 17.6 Å². The molecule has 1 aliphatic heterocycles. The van der Waals surface area contributed by atoms with Crippen molar-refractivity contribution in [3.05, 3.63) is 62.9 Å². The standard InChI is InChI=1S/C17H15N5O4S/c23-22(24)12-5-3-11(4-6-12)14-8-7-13(26-14)10-18-21-16(19-20-17(21)27)15-2-1-9-25-15/h3-8,10,15H,1-2,9H2,(H,20,27)/b18-10-/t15-/m0/s1. The summed E-state index contributed by atoms with van der Waals surface area (Å²) < 4.78 is 13.3. The number of nitrogens with zero attached hydrogens (tertiary/aromatic N) is 4. The number of hydrogen-bond donors (Lipinski definition) is 1. The monoisotopic (exact) mass is 385 g/mol. The fraction of sp³-hybridized carbons (Fsp3) is 0.235. The Morgan fingerprint density at radius 1 is 1.33 bits per heavy atom. The Bertz CT molecular complexity index is 1040. The lowest BCUT2D eigenvalue weighted by atomic mass is 10.1. The van der Waals surface area contributed by atoms with Crippen LogP contribution in [0.15, 0.2) is 45.9 Å². The molecule has 138 valence electrons. The minimum absolute atomic E-state index is 0.0306. The maximum atomic E-state index is 10.7. The van der Waals surface area contributed by atoms with Gasteiger partial charge in [-0.2, -0.15) is 14.9 Å². The predicted molar refractivity (Wildman–Crippen MR) is 99.1 cm³/mol. The summed E-state index contributed by atoms with van der Waals surface area (Å²) >= 11 is 5.23. The van der Waals surface area contributed by atoms with E-state index in [9.17, 15) is 10.1 Å². The van der Waals surface area contributed by atoms with E-state index in [0.29, 0.717) is 28.7 Å². The molecule has 1 fully saturated rings. The second-order valence-corrected chi connectivity index (χ2v) is 6.34. The molecule has 0 radical (unpaired) electrons. The number of aromatic amines is 1. The number of nitro groups is 1. The van der Waals surface area contributed by atoms with Crippen LogP contribution in [0.1, 0.15) is 30.5 Å². The quantitative estimate of drug-likeness (QED) is 0.309. The van der Waals surface area contributed by atoms with E-state index in [1.807, 2.05) is 0 Å². The van der Waals surface area contributed by atoms with Crippen molar-refractivity contribution in [2.75, 3.05) is 6.61 Å². The van der Waals surface area contributed by atoms with E-state index in [2.05, 4.69) is 15.3 Å². The molecule has 1 aliphatic rings. The molecule has 2 aromatic heterocycles. The van der Waals surface area contributed by atoms with Crippen molar-refractivity contribution in [3.8, 4) is 11.3 Å². The first-order chi connectivity index (χ1) is 13.1. The van der Waals surface area contributed by atoms with Gasteiger partial charge in [-0.25, -0.2) is 0 Å². The summed E-state index contributed by atoms with van der Waals surface area (Å²) in [5.74, 6) is 1.74. The van der Waals surface area contributed by atoms with Gasteiger partial charge in [0.15, 0.2) is 5.82 Å². The van der Waals surface area contributed by atoms with Crippen LogP contribution >= 0.6 is 12.2 Å². The Kier molecular flexibility index (Phi) is 4.65. The molecule has 3 heterocycles. The van der Waals surface area contributed by atoms with Gasteiger partial charge >= 0.3 is 0 Å². The maximum absolute atomic E-state index is 10.7. The highest BCUT2D eigenvalue weighted by Crippen LogP contribution is 2.27. The van der Waals surface area contributed by atoms with Gasteiger partial charge in [-0.15, -0.1) is 0 Å². The summed E-state index contributed by atoms with van der Waals surface area (Å²) in [6, 6.07) is 9.68. The lowest BCUT2D eigenvalue weighted by molar-refractivity contribution is -0.384. The largest absolute Gasteiger partial charge is 0.455 e. The molecule has 1 atom stereocenters. The van der Waals surface area contributed by atoms with Crippen LogP contribution < -0.4 is 0 Å². The fourth-order valence-corrected chi connectivity index (χ4v) is 3.03. The number of hydrogen-bond acceptors (Lipinski definition) is 7. The third-order valence-corrected chi connectivity index (χ3v) is 4.45. The van der Waals surface area contributed by atoms with Gasteiger partial charge in [0.05, 0.1) is 11.1 Å². The molecule has 1 aromatic carbocycles. The van der Waals surface area contributed by atoms with Crippen molar-refractivity contribution in [3.63, 3.8) is 0 Å². The zero-order valence-corrected chi connectivity index (χ0v) is 14.9. The van der Waals surface area contributed by atoms with Crippen molar-refractivity contribution < 1.29 is 14.1 Å². The Morgan fingerprint density at radius 3 is 2.85 bits per heavy atom. The third-order valence-electron chi connectivity index (χ3n) is 4.18. The van der Waals surface area contributed by atoms with Gasteiger partial charge < -0.3 is 9.15 Å². The van der Waals surface area contributed by atoms with Crippen LogP contribution in [0, 0.1) is 14.9 Å². The van der Waals surface area contributed by atoms with E-state index in [-0.39, 0.29) is 11.8 Å². The zero-order valence-electron chi connectivity index (χ0n) is 14.1. The topological polar surface area (TPSA) is 111 Å². The summed E-state index contributed by atoms with van der Waals surface area (Å²) in [7, 11) is 0. The van der Waals surface area contributed by atoms with Crippen LogP contribution in [0.5, 0.6) is 0 Å². The average molecular weight is 385 g/mol. The third kappa shape index (κ3) is 3.57. The molecule has 0 saturated carbocycles. The van der Waals surface area contributed by atoms with Crippen molar-refractivity contribution in [1.29, 1.82) is 0 Å². The van der Waals surface area contributed by atoms with Crippen LogP contribution in [0.25, 0.3) is 11.3 Å². The second kappa shape index (κ2) is 7.25. The Morgan fingerprint density at radius 2 is 2.15 bits per heavy atom. The smallest absolute Gasteiger partial charge is 0.269 e. The van der Waals surface area contributed by atoms with Gasteiger partial charge in [0, 0.05) is 24.3 Å². The normalized spacial score (nSPS) is 17.0. The summed E-state index contributed by atoms with van der Waals surface area (Å²) in [4.78, 5) is 10.3. The summed E-state index contributed by atoms with van der Waals surface area (Å²) in [6.07, 6.45) is 3.27. The number of nitrogens with one attached hydrogen (secondary N) is 1. The van der Waals surface area contributed by atoms with Crippen molar-refractivity contribution in [2.45, 2.75) is 18.9 Å². The maximum Gasteiger partial charge on any atom is 0.269 e. The summed E-state index contributed by atoms with van der Waals surface area (Å²) in [6.45, 7) is 0.699. The molecule has 0 bridgehead atoms. The molecule has 3 aromatic rings. The Hall–Kier alpha value is -3.11. The fourth-order valence-electron chi connectivity index (χ4n) is 2.84. The Labute approximate surface area is 158 Å². The molecular formula is C17H15N5O4S. The number of non-ortho nitro benzene ring substituents is 1. The highest BCUT2D eigenvalue weighted by Gasteiger charge is 2.23. The van der Waals surface area contributed by atoms with E-state index in [1.165, 1.54) is 16.8 Å². The van der Waals surface area contributed by atoms with Crippen molar-refractivity contribution >= 4 is 24.1 Å². The number of aromatic nitrogens is 3. The number of H-pyrrole nitrogens is 1. The van der Waals surface area contributed by atoms with Crippen LogP contribution in [-0.2, 0) is 4.74 Å². The lowest BCUT2D eigenvalue weighted by Gasteiger charge is -2.06. The highest BCUT2D eigenvalue weighted by molar-refractivity contribution is 7.71. The number of benzene rings is 1. The average Bonchev–Trinajstić information content (AvgIpc) is 3.41. The van der Waals surface area contributed by atoms with Gasteiger partial charge in [0.25, 0.3) is 5.69 Å². The predicted octanol–water partition coefficient (Wildman–Crippen LogP) is 3.84. The molecule has 0 amide bonds. The second-order valence-electron chi connectivity index (χ2n) is 5.95. The van der Waals surface area contributed by atoms with Crippen LogP contribution in [0.3, 0.4) is 0 Å². The van der Waals surface area contributed by atoms with E-state index in [4.69, 9.17) is 21.4 Å². The SMILES string of the molecule is O=[N+]([O-])c1ccc(-c2ccc(/C=N\n3c([C@@H]4CCCO4)n[nH]c3=S)o2)cc1. The molecule has 0 spiro atoms. The van der Waals surface area contributed by atoms with Gasteiger partial charge in [-0.3, -0.25) is 15.2 Å². The molecule has 27 heavy (non-hydrogen) atoms. The number of nitro benzene ring substituents is 1. The minimum Gasteiger partial charge on any atom is -0.455 e. The van der Waals surface area contributed by atoms with Gasteiger partial charge in [0.2, 0.25) is 4.77 Å². The zero-order chi connectivity index (χ0) is 18.8. The van der Waals surface area contributed by atoms with E-state index in [1.54, 1.807) is 30.5 Å². The number of ether oxygens (including phenoxy) is 1. The summed E-state index contributed by atoms with van der Waals surface area (Å²) in [5, 5.41) is 22.0. The first kappa shape index (κ1) is 17.3. The van der Waals surface area contributed by atoms with Gasteiger partial charge in [-0.1, -0.05) is 0 Å². The number of rotatable bonds is 5. The first-order valence-electron chi connectivity index (χ1n) is 8.30. The van der Waals surface area contributed by atoms with Gasteiger partial charge in [-0.05, 0) is 49.3 Å². The molecule has 9 nitrogen and oxygen atoms in total. The van der Waals surface area contributed by atoms with E-state index < -0.39 is 4.92 Å². The summed E-state index contributed by atoms with van der Waals surface area (Å²) in [5.41, 5.74) is 0.767. The molecule has 0 unspecified atom stereocenters. The number of furan rings is 1. The van der Waals surface area contributed by atoms with Crippen LogP contribution in [-0.4, -0.2) is 32.6 Å². The molecular weight excluding hydrogens is 370 g/mol. The minimum atomic E-state index is -0.440. The van der Waals surface area contributed by atoms with E-state index >= 15 is 0 Å². The van der Waals surface area contributed by atoms with Crippen molar-refractivity contribution in [1.82, 2.24) is 14.9 Å². The van der Waals surface area contributed by atoms with Crippen LogP contribution in [0.2, 0.25) is 0 Å². The van der Waals surface area contributed by atoms with Crippen LogP contribution in [0.4, 0.5) is 5.69 Å². The first-order valence-corrected chi connectivity index (χ1v) is 8.70. The Balaban J connectivity index is 1.55. The molecule has 4 rings (SSSR count). The highest BCUT2D eigenvalue weighted by atomic mass is 32.1. The molecule has 0 aliphatic carbocycles. The lowest BCUT2D eigenvalue weighted by Crippen LogP contribution is -2.05. The molecule has 1 saturated heterocycles. The molecule has 1 N–H and O–H groups in total. The van der Waals surface area contributed by atoms with Crippen molar-refractivity contribution in [2.24, 2.45) is 5.10 Å². The van der Waals surface area contributed by atoms with E-state index in [0.717, 1.165) is 18.4 Å². The molecule has 10 heteroatoms.